The van der Waals surface area contributed by atoms with E-state index in [9.17, 15) is 4.79 Å². The number of carbonyl (C=O) groups is 1. The summed E-state index contributed by atoms with van der Waals surface area (Å²) in [4.78, 5) is 19.6. The first-order valence-electron chi connectivity index (χ1n) is 10.1. The summed E-state index contributed by atoms with van der Waals surface area (Å²) in [6, 6.07) is 17.1. The van der Waals surface area contributed by atoms with Gasteiger partial charge in [-0.05, 0) is 31.4 Å². The number of likely N-dealkylation sites (tertiary alicyclic amines) is 1. The lowest BCUT2D eigenvalue weighted by Gasteiger charge is -2.16. The van der Waals surface area contributed by atoms with E-state index in [1.54, 1.807) is 11.3 Å². The van der Waals surface area contributed by atoms with Crippen LogP contribution in [0, 0.1) is 13.8 Å². The van der Waals surface area contributed by atoms with Crippen LogP contribution < -0.4 is 5.32 Å². The fourth-order valence-electron chi connectivity index (χ4n) is 3.94. The number of hydrogen-bond donors (Lipinski definition) is 1. The van der Waals surface area contributed by atoms with E-state index < -0.39 is 0 Å². The minimum Gasteiger partial charge on any atom is -0.352 e. The molecule has 5 heteroatoms. The molecule has 150 valence electrons. The van der Waals surface area contributed by atoms with Crippen LogP contribution in [0.1, 0.15) is 28.8 Å². The van der Waals surface area contributed by atoms with Gasteiger partial charge in [0.25, 0.3) is 0 Å². The average Bonchev–Trinajstić information content (AvgIpc) is 3.32. The molecule has 1 aromatic heterocycles. The van der Waals surface area contributed by atoms with Crippen LogP contribution in [-0.2, 0) is 17.8 Å². The minimum absolute atomic E-state index is 0.0639. The van der Waals surface area contributed by atoms with Crippen LogP contribution in [0.2, 0.25) is 0 Å². The van der Waals surface area contributed by atoms with Crippen molar-refractivity contribution in [1.29, 1.82) is 0 Å². The van der Waals surface area contributed by atoms with Crippen LogP contribution in [0.25, 0.3) is 10.6 Å². The highest BCUT2D eigenvalue weighted by atomic mass is 32.1. The quantitative estimate of drug-likeness (QED) is 0.663. The number of aromatic nitrogens is 1. The van der Waals surface area contributed by atoms with Crippen LogP contribution in [0.15, 0.2) is 53.9 Å². The van der Waals surface area contributed by atoms with Crippen molar-refractivity contribution >= 4 is 17.2 Å². The van der Waals surface area contributed by atoms with E-state index in [4.69, 9.17) is 4.98 Å². The lowest BCUT2D eigenvalue weighted by atomic mass is 10.1. The van der Waals surface area contributed by atoms with Gasteiger partial charge in [-0.3, -0.25) is 9.69 Å². The van der Waals surface area contributed by atoms with Crippen LogP contribution >= 0.6 is 11.3 Å². The molecular weight excluding hydrogens is 378 g/mol. The summed E-state index contributed by atoms with van der Waals surface area (Å²) < 4.78 is 0. The number of hydrogen-bond acceptors (Lipinski definition) is 4. The SMILES string of the molecule is Cc1ccc(-c2nc(CC(=O)NC3CCN(Cc4ccccc4)C3)cs2)c(C)c1. The van der Waals surface area contributed by atoms with E-state index in [-0.39, 0.29) is 11.9 Å². The maximum atomic E-state index is 12.5. The normalized spacial score (nSPS) is 16.8. The average molecular weight is 406 g/mol. The third-order valence-corrected chi connectivity index (χ3v) is 6.32. The monoisotopic (exact) mass is 405 g/mol. The number of rotatable bonds is 6. The van der Waals surface area contributed by atoms with Crippen molar-refractivity contribution < 1.29 is 4.79 Å². The van der Waals surface area contributed by atoms with E-state index in [0.29, 0.717) is 6.42 Å². The molecule has 29 heavy (non-hydrogen) atoms. The Hall–Kier alpha value is -2.50. The Morgan fingerprint density at radius 3 is 2.83 bits per heavy atom. The predicted octanol–water partition coefficient (Wildman–Crippen LogP) is 4.36. The molecule has 2 aromatic carbocycles. The second-order valence-electron chi connectivity index (χ2n) is 7.91. The molecule has 4 rings (SSSR count). The number of nitrogens with one attached hydrogen (secondary N) is 1. The highest BCUT2D eigenvalue weighted by Crippen LogP contribution is 2.27. The molecule has 2 heterocycles. The van der Waals surface area contributed by atoms with Crippen LogP contribution in [0.4, 0.5) is 0 Å². The minimum atomic E-state index is 0.0639. The topological polar surface area (TPSA) is 45.2 Å². The maximum Gasteiger partial charge on any atom is 0.226 e. The lowest BCUT2D eigenvalue weighted by molar-refractivity contribution is -0.121. The number of aryl methyl sites for hydroxylation is 2. The molecule has 1 fully saturated rings. The molecule has 0 bridgehead atoms. The summed E-state index contributed by atoms with van der Waals surface area (Å²) in [6.45, 7) is 7.08. The van der Waals surface area contributed by atoms with Crippen LogP contribution in [0.5, 0.6) is 0 Å². The number of carbonyl (C=O) groups excluding carboxylic acids is 1. The van der Waals surface area contributed by atoms with Gasteiger partial charge in [0.05, 0.1) is 12.1 Å². The maximum absolute atomic E-state index is 12.5. The third kappa shape index (κ3) is 5.11. The smallest absolute Gasteiger partial charge is 0.226 e. The van der Waals surface area contributed by atoms with E-state index in [1.807, 2.05) is 11.4 Å². The molecule has 1 unspecified atom stereocenters. The first kappa shape index (κ1) is 19.8. The molecule has 0 radical (unpaired) electrons. The fraction of sp³-hybridized carbons (Fsp3) is 0.333. The Bertz CT molecular complexity index is 983. The molecule has 3 aromatic rings. The number of nitrogens with zero attached hydrogens (tertiary/aromatic N) is 2. The highest BCUT2D eigenvalue weighted by molar-refractivity contribution is 7.13. The predicted molar refractivity (Wildman–Crippen MR) is 119 cm³/mol. The number of thiazole rings is 1. The first-order valence-corrected chi connectivity index (χ1v) is 11.0. The van der Waals surface area contributed by atoms with Gasteiger partial charge in [-0.2, -0.15) is 0 Å². The summed E-state index contributed by atoms with van der Waals surface area (Å²) >= 11 is 1.61. The Balaban J connectivity index is 1.30. The van der Waals surface area contributed by atoms with Gasteiger partial charge in [-0.15, -0.1) is 11.3 Å². The fourth-order valence-corrected chi connectivity index (χ4v) is 4.85. The van der Waals surface area contributed by atoms with Gasteiger partial charge >= 0.3 is 0 Å². The molecule has 1 atom stereocenters. The molecule has 0 spiro atoms. The molecule has 0 aliphatic carbocycles. The summed E-state index contributed by atoms with van der Waals surface area (Å²) in [7, 11) is 0. The molecule has 0 saturated carbocycles. The highest BCUT2D eigenvalue weighted by Gasteiger charge is 2.24. The van der Waals surface area contributed by atoms with Gasteiger partial charge in [0, 0.05) is 36.6 Å². The lowest BCUT2D eigenvalue weighted by Crippen LogP contribution is -2.37. The first-order chi connectivity index (χ1) is 14.1. The van der Waals surface area contributed by atoms with E-state index in [0.717, 1.165) is 42.3 Å². The van der Waals surface area contributed by atoms with Crippen molar-refractivity contribution in [3.05, 3.63) is 76.3 Å². The summed E-state index contributed by atoms with van der Waals surface area (Å²) in [5.41, 5.74) is 5.79. The van der Waals surface area contributed by atoms with Crippen molar-refractivity contribution in [3.8, 4) is 10.6 Å². The largest absolute Gasteiger partial charge is 0.352 e. The van der Waals surface area contributed by atoms with Crippen molar-refractivity contribution in [2.75, 3.05) is 13.1 Å². The van der Waals surface area contributed by atoms with Crippen molar-refractivity contribution in [2.24, 2.45) is 0 Å². The third-order valence-electron chi connectivity index (χ3n) is 5.39. The molecule has 1 amide bonds. The van der Waals surface area contributed by atoms with Gasteiger partial charge in [0.1, 0.15) is 5.01 Å². The Kier molecular flexibility index (Phi) is 6.07. The van der Waals surface area contributed by atoms with Crippen molar-refractivity contribution in [1.82, 2.24) is 15.2 Å². The summed E-state index contributed by atoms with van der Waals surface area (Å²) in [5, 5.41) is 6.19. The van der Waals surface area contributed by atoms with Crippen LogP contribution in [0.3, 0.4) is 0 Å². The Morgan fingerprint density at radius 2 is 2.03 bits per heavy atom. The second-order valence-corrected chi connectivity index (χ2v) is 8.77. The zero-order valence-electron chi connectivity index (χ0n) is 17.0. The molecular formula is C24H27N3OS. The van der Waals surface area contributed by atoms with Crippen LogP contribution in [-0.4, -0.2) is 34.9 Å². The number of amides is 1. The van der Waals surface area contributed by atoms with Gasteiger partial charge in [-0.1, -0.05) is 54.1 Å². The van der Waals surface area contributed by atoms with Gasteiger partial charge in [0.2, 0.25) is 5.91 Å². The molecule has 4 nitrogen and oxygen atoms in total. The van der Waals surface area contributed by atoms with E-state index in [1.165, 1.54) is 16.7 Å². The molecule has 1 aliphatic rings. The summed E-state index contributed by atoms with van der Waals surface area (Å²) in [6.07, 6.45) is 1.35. The standard InChI is InChI=1S/C24H27N3OS/c1-17-8-9-22(18(2)12-17)24-26-21(16-29-24)13-23(28)25-20-10-11-27(15-20)14-19-6-4-3-5-7-19/h3-9,12,16,20H,10-11,13-15H2,1-2H3,(H,25,28). The Morgan fingerprint density at radius 1 is 1.21 bits per heavy atom. The zero-order valence-corrected chi connectivity index (χ0v) is 17.8. The Labute approximate surface area is 176 Å². The molecule has 1 N–H and O–H groups in total. The van der Waals surface area contributed by atoms with E-state index in [2.05, 4.69) is 66.5 Å². The number of benzene rings is 2. The van der Waals surface area contributed by atoms with E-state index >= 15 is 0 Å². The van der Waals surface area contributed by atoms with Crippen molar-refractivity contribution in [2.45, 2.75) is 39.3 Å². The molecule has 1 aliphatic heterocycles. The zero-order chi connectivity index (χ0) is 20.2. The summed E-state index contributed by atoms with van der Waals surface area (Å²) in [5.74, 6) is 0.0639. The van der Waals surface area contributed by atoms with Crippen molar-refractivity contribution in [3.63, 3.8) is 0 Å². The van der Waals surface area contributed by atoms with Gasteiger partial charge in [-0.25, -0.2) is 4.98 Å². The van der Waals surface area contributed by atoms with Gasteiger partial charge in [0.15, 0.2) is 0 Å². The van der Waals surface area contributed by atoms with Gasteiger partial charge < -0.3 is 5.32 Å². The molecule has 1 saturated heterocycles. The second kappa shape index (κ2) is 8.89.